The van der Waals surface area contributed by atoms with E-state index in [1.54, 1.807) is 0 Å². The zero-order valence-electron chi connectivity index (χ0n) is 34.0. The summed E-state index contributed by atoms with van der Waals surface area (Å²) in [6, 6.07) is 68.0. The normalized spacial score (nSPS) is 12.1. The van der Waals surface area contributed by atoms with Gasteiger partial charge in [-0.15, -0.1) is 11.3 Å². The van der Waals surface area contributed by atoms with Crippen LogP contribution in [0.3, 0.4) is 0 Å². The summed E-state index contributed by atoms with van der Waals surface area (Å²) in [5.41, 5.74) is 11.4. The Labute approximate surface area is 368 Å². The van der Waals surface area contributed by atoms with Crippen LogP contribution in [0.15, 0.2) is 203 Å². The van der Waals surface area contributed by atoms with Crippen LogP contribution in [0.4, 0.5) is 0 Å². The molecular weight excluding hydrogens is 805 g/mol. The van der Waals surface area contributed by atoms with Crippen molar-refractivity contribution in [3.05, 3.63) is 194 Å². The fourth-order valence-electron chi connectivity index (χ4n) is 9.83. The third kappa shape index (κ3) is 5.22. The first-order chi connectivity index (χ1) is 31.7. The smallest absolute Gasteiger partial charge is 0.167 e. The molecule has 64 heavy (non-hydrogen) atoms. The van der Waals surface area contributed by atoms with Gasteiger partial charge in [0.25, 0.3) is 0 Å². The number of benzene rings is 9. The van der Waals surface area contributed by atoms with Gasteiger partial charge in [-0.25, -0.2) is 15.0 Å². The second-order valence-corrected chi connectivity index (χ2v) is 17.4. The molecule has 0 unspecified atom stereocenters. The number of para-hydroxylation sites is 4. The standard InChI is InChI=1S/C57H32N4O2S/c1-2-14-33(15-3-1)55-58-56(60-57(59-55)42-22-12-20-39-38-18-6-10-25-47(38)63-54(39)42)41-21-13-26-49-52(41)44-30-34(28-29-48(44)62-49)43-31-35(32-51-53(43)40-19-7-11-27-50(40)64-51)61-45-23-8-4-16-36(45)37-17-5-9-24-46(37)61/h1-32H. The molecule has 0 aliphatic carbocycles. The highest BCUT2D eigenvalue weighted by molar-refractivity contribution is 7.26. The maximum atomic E-state index is 6.66. The van der Waals surface area contributed by atoms with Crippen molar-refractivity contribution in [2.45, 2.75) is 0 Å². The van der Waals surface area contributed by atoms with Crippen molar-refractivity contribution in [2.24, 2.45) is 0 Å². The minimum atomic E-state index is 0.535. The Hall–Kier alpha value is -8.39. The van der Waals surface area contributed by atoms with Crippen LogP contribution in [-0.2, 0) is 0 Å². The number of rotatable bonds is 5. The van der Waals surface area contributed by atoms with Gasteiger partial charge < -0.3 is 13.4 Å². The van der Waals surface area contributed by atoms with Crippen LogP contribution in [0.25, 0.3) is 137 Å². The van der Waals surface area contributed by atoms with Gasteiger partial charge in [0, 0.05) is 69.3 Å². The summed E-state index contributed by atoms with van der Waals surface area (Å²) >= 11 is 1.84. The van der Waals surface area contributed by atoms with Gasteiger partial charge in [0.1, 0.15) is 22.3 Å². The van der Waals surface area contributed by atoms with Crippen molar-refractivity contribution in [3.8, 4) is 51.0 Å². The number of aromatic nitrogens is 4. The SMILES string of the molecule is c1ccc(-c2nc(-c3cccc4c3oc3ccccc34)nc(-c3cccc4oc5ccc(-c6cc(-n7c8ccccc8c8ccccc87)cc7sc8ccccc8c67)cc5c34)n2)cc1. The van der Waals surface area contributed by atoms with Crippen molar-refractivity contribution >= 4 is 97.2 Å². The zero-order valence-corrected chi connectivity index (χ0v) is 34.8. The quantitative estimate of drug-likeness (QED) is 0.173. The van der Waals surface area contributed by atoms with E-state index in [2.05, 4.69) is 126 Å². The van der Waals surface area contributed by atoms with Gasteiger partial charge in [-0.3, -0.25) is 0 Å². The Bertz CT molecular complexity index is 4160. The average molecular weight is 837 g/mol. The number of furan rings is 2. The molecule has 0 aliphatic heterocycles. The Morgan fingerprint density at radius 2 is 0.984 bits per heavy atom. The zero-order chi connectivity index (χ0) is 41.9. The van der Waals surface area contributed by atoms with Crippen LogP contribution >= 0.6 is 11.3 Å². The second-order valence-electron chi connectivity index (χ2n) is 16.3. The highest BCUT2D eigenvalue weighted by Gasteiger charge is 2.22. The molecule has 0 fully saturated rings. The molecule has 0 saturated heterocycles. The first kappa shape index (κ1) is 35.2. The Kier molecular flexibility index (Phi) is 7.46. The van der Waals surface area contributed by atoms with Crippen molar-refractivity contribution in [2.75, 3.05) is 0 Å². The van der Waals surface area contributed by atoms with E-state index in [1.165, 1.54) is 42.0 Å². The van der Waals surface area contributed by atoms with Gasteiger partial charge in [0.2, 0.25) is 0 Å². The molecular formula is C57H32N4O2S. The summed E-state index contributed by atoms with van der Waals surface area (Å²) in [6.07, 6.45) is 0. The number of thiophene rings is 1. The van der Waals surface area contributed by atoms with Gasteiger partial charge in [-0.1, -0.05) is 133 Å². The van der Waals surface area contributed by atoms with Crippen molar-refractivity contribution < 1.29 is 8.83 Å². The molecule has 0 aliphatic rings. The number of nitrogens with zero attached hydrogens (tertiary/aromatic N) is 4. The summed E-state index contributed by atoms with van der Waals surface area (Å²) in [5.74, 6) is 1.66. The number of fused-ring (bicyclic) bond motifs is 12. The van der Waals surface area contributed by atoms with Gasteiger partial charge in [-0.2, -0.15) is 0 Å². The fraction of sp³-hybridized carbons (Fsp3) is 0. The molecule has 0 radical (unpaired) electrons. The Morgan fingerprint density at radius 3 is 1.81 bits per heavy atom. The third-order valence-electron chi connectivity index (χ3n) is 12.7. The first-order valence-corrected chi connectivity index (χ1v) is 22.2. The molecule has 298 valence electrons. The van der Waals surface area contributed by atoms with E-state index < -0.39 is 0 Å². The molecule has 0 atom stereocenters. The van der Waals surface area contributed by atoms with Crippen molar-refractivity contribution in [1.82, 2.24) is 19.5 Å². The largest absolute Gasteiger partial charge is 0.456 e. The Balaban J connectivity index is 1.01. The van der Waals surface area contributed by atoms with Crippen LogP contribution in [0.2, 0.25) is 0 Å². The van der Waals surface area contributed by atoms with Crippen LogP contribution < -0.4 is 0 Å². The average Bonchev–Trinajstić information content (AvgIpc) is 4.12. The minimum Gasteiger partial charge on any atom is -0.456 e. The molecule has 0 N–H and O–H groups in total. The van der Waals surface area contributed by atoms with E-state index in [9.17, 15) is 0 Å². The lowest BCUT2D eigenvalue weighted by Crippen LogP contribution is -2.00. The predicted molar refractivity (Wildman–Crippen MR) is 263 cm³/mol. The minimum absolute atomic E-state index is 0.535. The van der Waals surface area contributed by atoms with E-state index >= 15 is 0 Å². The number of hydrogen-bond donors (Lipinski definition) is 0. The van der Waals surface area contributed by atoms with E-state index in [4.69, 9.17) is 23.8 Å². The predicted octanol–water partition coefficient (Wildman–Crippen LogP) is 15.8. The van der Waals surface area contributed by atoms with Gasteiger partial charge in [0.15, 0.2) is 17.5 Å². The lowest BCUT2D eigenvalue weighted by atomic mass is 9.96. The van der Waals surface area contributed by atoms with Crippen LogP contribution in [0, 0.1) is 0 Å². The summed E-state index contributed by atoms with van der Waals surface area (Å²) in [7, 11) is 0. The second kappa shape index (κ2) is 13.6. The molecule has 5 heterocycles. The molecule has 7 heteroatoms. The summed E-state index contributed by atoms with van der Waals surface area (Å²) in [4.78, 5) is 15.6. The molecule has 0 bridgehead atoms. The lowest BCUT2D eigenvalue weighted by Gasteiger charge is -2.13. The molecule has 0 amide bonds. The van der Waals surface area contributed by atoms with E-state index in [1.807, 2.05) is 84.1 Å². The monoisotopic (exact) mass is 836 g/mol. The van der Waals surface area contributed by atoms with Crippen LogP contribution in [-0.4, -0.2) is 19.5 Å². The van der Waals surface area contributed by atoms with Crippen molar-refractivity contribution in [3.63, 3.8) is 0 Å². The summed E-state index contributed by atoms with van der Waals surface area (Å²) in [6.45, 7) is 0. The van der Waals surface area contributed by atoms with E-state index in [0.717, 1.165) is 77.4 Å². The lowest BCUT2D eigenvalue weighted by molar-refractivity contribution is 0.668. The molecule has 5 aromatic heterocycles. The molecule has 9 aromatic carbocycles. The maximum absolute atomic E-state index is 6.66. The third-order valence-corrected chi connectivity index (χ3v) is 13.8. The Morgan fingerprint density at radius 1 is 0.359 bits per heavy atom. The molecule has 0 saturated carbocycles. The van der Waals surface area contributed by atoms with Crippen LogP contribution in [0.1, 0.15) is 0 Å². The van der Waals surface area contributed by atoms with Crippen LogP contribution in [0.5, 0.6) is 0 Å². The van der Waals surface area contributed by atoms with Gasteiger partial charge >= 0.3 is 0 Å². The highest BCUT2D eigenvalue weighted by atomic mass is 32.1. The van der Waals surface area contributed by atoms with E-state index in [0.29, 0.717) is 17.5 Å². The maximum Gasteiger partial charge on any atom is 0.167 e. The van der Waals surface area contributed by atoms with E-state index in [-0.39, 0.29) is 0 Å². The molecule has 0 spiro atoms. The highest BCUT2D eigenvalue weighted by Crippen LogP contribution is 2.45. The first-order valence-electron chi connectivity index (χ1n) is 21.3. The van der Waals surface area contributed by atoms with Gasteiger partial charge in [-0.05, 0) is 71.8 Å². The van der Waals surface area contributed by atoms with Crippen molar-refractivity contribution in [1.29, 1.82) is 0 Å². The number of hydrogen-bond acceptors (Lipinski definition) is 6. The molecule has 14 rings (SSSR count). The molecule has 14 aromatic rings. The summed E-state index contributed by atoms with van der Waals surface area (Å²) in [5, 5.41) is 8.96. The fourth-order valence-corrected chi connectivity index (χ4v) is 11.0. The van der Waals surface area contributed by atoms with Gasteiger partial charge in [0.05, 0.1) is 16.6 Å². The molecule has 6 nitrogen and oxygen atoms in total. The summed E-state index contributed by atoms with van der Waals surface area (Å²) < 4.78 is 18.1. The topological polar surface area (TPSA) is 69.9 Å².